The van der Waals surface area contributed by atoms with Gasteiger partial charge in [0.25, 0.3) is 0 Å². The molecule has 0 saturated carbocycles. The first kappa shape index (κ1) is 10.7. The van der Waals surface area contributed by atoms with E-state index in [4.69, 9.17) is 0 Å². The zero-order valence-electron chi connectivity index (χ0n) is 9.91. The summed E-state index contributed by atoms with van der Waals surface area (Å²) in [5, 5.41) is 10.5. The molecule has 2 rings (SSSR count). The Morgan fingerprint density at radius 2 is 2.25 bits per heavy atom. The van der Waals surface area contributed by atoms with Crippen LogP contribution in [0.2, 0.25) is 0 Å². The van der Waals surface area contributed by atoms with Gasteiger partial charge in [-0.3, -0.25) is 5.10 Å². The monoisotopic (exact) mass is 219 g/mol. The van der Waals surface area contributed by atoms with Crippen LogP contribution in [0.4, 0.5) is 5.69 Å². The number of anilines is 1. The molecule has 0 aliphatic rings. The molecule has 0 aliphatic heterocycles. The molecule has 5 heteroatoms. The fraction of sp³-hybridized carbons (Fsp3) is 0.455. The van der Waals surface area contributed by atoms with Crippen LogP contribution in [0, 0.1) is 13.8 Å². The van der Waals surface area contributed by atoms with Crippen molar-refractivity contribution in [2.75, 3.05) is 5.32 Å². The predicted octanol–water partition coefficient (Wildman–Crippen LogP) is 1.86. The summed E-state index contributed by atoms with van der Waals surface area (Å²) in [4.78, 5) is 4.14. The number of aromatic amines is 1. The molecule has 0 radical (unpaired) electrons. The summed E-state index contributed by atoms with van der Waals surface area (Å²) < 4.78 is 2.12. The molecule has 2 N–H and O–H groups in total. The first-order valence-corrected chi connectivity index (χ1v) is 5.46. The van der Waals surface area contributed by atoms with Crippen LogP contribution in [0.3, 0.4) is 0 Å². The molecule has 5 nitrogen and oxygen atoms in total. The van der Waals surface area contributed by atoms with E-state index in [-0.39, 0.29) is 0 Å². The van der Waals surface area contributed by atoms with Crippen LogP contribution >= 0.6 is 0 Å². The number of rotatable bonds is 4. The van der Waals surface area contributed by atoms with Gasteiger partial charge in [0.05, 0.1) is 35.6 Å². The van der Waals surface area contributed by atoms with Crippen LogP contribution in [-0.4, -0.2) is 19.7 Å². The summed E-state index contributed by atoms with van der Waals surface area (Å²) in [7, 11) is 0. The van der Waals surface area contributed by atoms with Gasteiger partial charge in [-0.2, -0.15) is 5.10 Å². The van der Waals surface area contributed by atoms with E-state index in [1.165, 1.54) is 5.69 Å². The number of aromatic nitrogens is 4. The van der Waals surface area contributed by atoms with Crippen molar-refractivity contribution in [3.63, 3.8) is 0 Å². The van der Waals surface area contributed by atoms with Crippen LogP contribution in [0.1, 0.15) is 24.0 Å². The predicted molar refractivity (Wildman–Crippen MR) is 63.3 cm³/mol. The lowest BCUT2D eigenvalue weighted by Crippen LogP contribution is -2.06. The van der Waals surface area contributed by atoms with Crippen LogP contribution in [-0.2, 0) is 13.1 Å². The standard InChI is InChI=1S/C11H17N5/c1-4-16-7-12-5-10(16)6-13-11-8(2)14-15-9(11)3/h5,7,13H,4,6H2,1-3H3,(H,14,15). The third kappa shape index (κ3) is 1.93. The van der Waals surface area contributed by atoms with Crippen molar-refractivity contribution in [3.8, 4) is 0 Å². The normalized spacial score (nSPS) is 10.7. The summed E-state index contributed by atoms with van der Waals surface area (Å²) >= 11 is 0. The zero-order chi connectivity index (χ0) is 11.5. The van der Waals surface area contributed by atoms with Gasteiger partial charge < -0.3 is 9.88 Å². The minimum Gasteiger partial charge on any atom is -0.376 e. The van der Waals surface area contributed by atoms with Gasteiger partial charge in [-0.1, -0.05) is 0 Å². The quantitative estimate of drug-likeness (QED) is 0.825. The number of hydrogen-bond donors (Lipinski definition) is 2. The first-order valence-electron chi connectivity index (χ1n) is 5.46. The number of aryl methyl sites for hydroxylation is 3. The van der Waals surface area contributed by atoms with E-state index in [0.717, 1.165) is 30.2 Å². The van der Waals surface area contributed by atoms with E-state index < -0.39 is 0 Å². The van der Waals surface area contributed by atoms with Gasteiger partial charge >= 0.3 is 0 Å². The van der Waals surface area contributed by atoms with Gasteiger partial charge in [-0.25, -0.2) is 4.98 Å². The Morgan fingerprint density at radius 1 is 1.44 bits per heavy atom. The highest BCUT2D eigenvalue weighted by molar-refractivity contribution is 5.51. The lowest BCUT2D eigenvalue weighted by atomic mass is 10.3. The average Bonchev–Trinajstić information content (AvgIpc) is 2.84. The second-order valence-corrected chi connectivity index (χ2v) is 3.83. The first-order chi connectivity index (χ1) is 7.72. The molecule has 2 heterocycles. The highest BCUT2D eigenvalue weighted by Crippen LogP contribution is 2.16. The van der Waals surface area contributed by atoms with Crippen LogP contribution in [0.25, 0.3) is 0 Å². The summed E-state index contributed by atoms with van der Waals surface area (Å²) in [6.07, 6.45) is 3.74. The molecule has 0 atom stereocenters. The second-order valence-electron chi connectivity index (χ2n) is 3.83. The molecule has 0 amide bonds. The SMILES string of the molecule is CCn1cncc1CNc1c(C)n[nH]c1C. The van der Waals surface area contributed by atoms with Gasteiger partial charge in [0.15, 0.2) is 0 Å². The Balaban J connectivity index is 2.08. The van der Waals surface area contributed by atoms with Gasteiger partial charge in [-0.15, -0.1) is 0 Å². The molecule has 2 aromatic rings. The van der Waals surface area contributed by atoms with Crippen molar-refractivity contribution in [1.82, 2.24) is 19.7 Å². The number of hydrogen-bond acceptors (Lipinski definition) is 3. The maximum atomic E-state index is 4.15. The molecule has 0 fully saturated rings. The summed E-state index contributed by atoms with van der Waals surface area (Å²) in [6.45, 7) is 7.83. The largest absolute Gasteiger partial charge is 0.376 e. The van der Waals surface area contributed by atoms with Crippen molar-refractivity contribution < 1.29 is 0 Å². The molecular weight excluding hydrogens is 202 g/mol. The van der Waals surface area contributed by atoms with Crippen molar-refractivity contribution in [3.05, 3.63) is 29.6 Å². The van der Waals surface area contributed by atoms with Gasteiger partial charge in [0.2, 0.25) is 0 Å². The van der Waals surface area contributed by atoms with Crippen molar-refractivity contribution in [2.24, 2.45) is 0 Å². The molecule has 2 aromatic heterocycles. The molecular formula is C11H17N5. The Morgan fingerprint density at radius 3 is 2.88 bits per heavy atom. The smallest absolute Gasteiger partial charge is 0.0948 e. The van der Waals surface area contributed by atoms with E-state index in [0.29, 0.717) is 0 Å². The third-order valence-electron chi connectivity index (χ3n) is 2.71. The second kappa shape index (κ2) is 4.38. The molecule has 86 valence electrons. The fourth-order valence-corrected chi connectivity index (χ4v) is 1.77. The maximum absolute atomic E-state index is 4.15. The van der Waals surface area contributed by atoms with Crippen LogP contribution in [0.5, 0.6) is 0 Å². The maximum Gasteiger partial charge on any atom is 0.0948 e. The van der Waals surface area contributed by atoms with Crippen LogP contribution < -0.4 is 5.32 Å². The van der Waals surface area contributed by atoms with Gasteiger partial charge in [-0.05, 0) is 20.8 Å². The van der Waals surface area contributed by atoms with Crippen molar-refractivity contribution in [2.45, 2.75) is 33.9 Å². The highest BCUT2D eigenvalue weighted by atomic mass is 15.2. The molecule has 16 heavy (non-hydrogen) atoms. The highest BCUT2D eigenvalue weighted by Gasteiger charge is 2.06. The molecule has 0 saturated heterocycles. The third-order valence-corrected chi connectivity index (χ3v) is 2.71. The Kier molecular flexibility index (Phi) is 2.94. The minimum atomic E-state index is 0.773. The van der Waals surface area contributed by atoms with Crippen molar-refractivity contribution >= 4 is 5.69 Å². The van der Waals surface area contributed by atoms with Crippen molar-refractivity contribution in [1.29, 1.82) is 0 Å². The number of H-pyrrole nitrogens is 1. The average molecular weight is 219 g/mol. The number of nitrogens with zero attached hydrogens (tertiary/aromatic N) is 3. The van der Waals surface area contributed by atoms with E-state index in [1.54, 1.807) is 0 Å². The van der Waals surface area contributed by atoms with Gasteiger partial charge in [0, 0.05) is 12.7 Å². The number of nitrogens with one attached hydrogen (secondary N) is 2. The van der Waals surface area contributed by atoms with E-state index >= 15 is 0 Å². The number of imidazole rings is 1. The van der Waals surface area contributed by atoms with E-state index in [2.05, 4.69) is 32.0 Å². The van der Waals surface area contributed by atoms with Crippen LogP contribution in [0.15, 0.2) is 12.5 Å². The van der Waals surface area contributed by atoms with E-state index in [9.17, 15) is 0 Å². The van der Waals surface area contributed by atoms with Gasteiger partial charge in [0.1, 0.15) is 0 Å². The zero-order valence-corrected chi connectivity index (χ0v) is 9.91. The lowest BCUT2D eigenvalue weighted by molar-refractivity contribution is 0.719. The molecule has 0 bridgehead atoms. The Bertz CT molecular complexity index is 449. The molecule has 0 aromatic carbocycles. The topological polar surface area (TPSA) is 58.5 Å². The Labute approximate surface area is 94.9 Å². The molecule has 0 unspecified atom stereocenters. The Hall–Kier alpha value is -1.78. The fourth-order valence-electron chi connectivity index (χ4n) is 1.77. The molecule has 0 aliphatic carbocycles. The molecule has 0 spiro atoms. The summed E-state index contributed by atoms with van der Waals surface area (Å²) in [6, 6.07) is 0. The summed E-state index contributed by atoms with van der Waals surface area (Å²) in [5.74, 6) is 0. The van der Waals surface area contributed by atoms with E-state index in [1.807, 2.05) is 26.4 Å². The lowest BCUT2D eigenvalue weighted by Gasteiger charge is -2.08. The summed E-state index contributed by atoms with van der Waals surface area (Å²) in [5.41, 5.74) is 4.34. The minimum absolute atomic E-state index is 0.773.